The van der Waals surface area contributed by atoms with E-state index in [1.54, 1.807) is 0 Å². The standard InChI is InChI=1S/C18H28N2O/c1-14(13-20-9-2-3-10-20)12-19-18-6-4-5-15-7-8-16(21)11-17(15)18/h7-8,11,14,18-19,21H,2-6,9-10,12-13H2,1H3. The first-order valence-corrected chi connectivity index (χ1v) is 8.50. The van der Waals surface area contributed by atoms with Gasteiger partial charge in [0.15, 0.2) is 0 Å². The highest BCUT2D eigenvalue weighted by atomic mass is 16.3. The molecule has 1 aromatic rings. The van der Waals surface area contributed by atoms with Gasteiger partial charge < -0.3 is 15.3 Å². The summed E-state index contributed by atoms with van der Waals surface area (Å²) in [6, 6.07) is 6.28. The van der Waals surface area contributed by atoms with Crippen LogP contribution in [-0.4, -0.2) is 36.2 Å². The lowest BCUT2D eigenvalue weighted by molar-refractivity contribution is 0.275. The monoisotopic (exact) mass is 288 g/mol. The molecule has 0 radical (unpaired) electrons. The van der Waals surface area contributed by atoms with Crippen LogP contribution in [0.3, 0.4) is 0 Å². The lowest BCUT2D eigenvalue weighted by Crippen LogP contribution is -2.34. The minimum Gasteiger partial charge on any atom is -0.508 e. The molecule has 1 heterocycles. The predicted molar refractivity (Wildman–Crippen MR) is 86.6 cm³/mol. The van der Waals surface area contributed by atoms with Gasteiger partial charge in [0.1, 0.15) is 5.75 Å². The number of nitrogens with one attached hydrogen (secondary N) is 1. The Morgan fingerprint density at radius 2 is 2.10 bits per heavy atom. The summed E-state index contributed by atoms with van der Waals surface area (Å²) in [4.78, 5) is 2.59. The van der Waals surface area contributed by atoms with Crippen LogP contribution in [0.1, 0.15) is 49.8 Å². The highest BCUT2D eigenvalue weighted by molar-refractivity contribution is 5.38. The quantitative estimate of drug-likeness (QED) is 0.874. The fraction of sp³-hybridized carbons (Fsp3) is 0.667. The second-order valence-electron chi connectivity index (χ2n) is 6.85. The van der Waals surface area contributed by atoms with Crippen molar-refractivity contribution in [2.24, 2.45) is 5.92 Å². The molecule has 3 nitrogen and oxygen atoms in total. The lowest BCUT2D eigenvalue weighted by atomic mass is 9.87. The van der Waals surface area contributed by atoms with E-state index in [1.807, 2.05) is 12.1 Å². The van der Waals surface area contributed by atoms with E-state index < -0.39 is 0 Å². The highest BCUT2D eigenvalue weighted by Gasteiger charge is 2.21. The number of phenols is 1. The molecule has 1 aliphatic heterocycles. The lowest BCUT2D eigenvalue weighted by Gasteiger charge is -2.29. The van der Waals surface area contributed by atoms with E-state index in [-0.39, 0.29) is 0 Å². The Morgan fingerprint density at radius 1 is 1.29 bits per heavy atom. The Bertz CT molecular complexity index is 468. The predicted octanol–water partition coefficient (Wildman–Crippen LogP) is 3.09. The smallest absolute Gasteiger partial charge is 0.115 e. The molecular formula is C18H28N2O. The van der Waals surface area contributed by atoms with Gasteiger partial charge in [0.2, 0.25) is 0 Å². The second-order valence-corrected chi connectivity index (χ2v) is 6.85. The van der Waals surface area contributed by atoms with E-state index in [2.05, 4.69) is 23.2 Å². The van der Waals surface area contributed by atoms with Crippen molar-refractivity contribution in [3.63, 3.8) is 0 Å². The van der Waals surface area contributed by atoms with Crippen LogP contribution in [0.4, 0.5) is 0 Å². The molecule has 21 heavy (non-hydrogen) atoms. The van der Waals surface area contributed by atoms with E-state index in [4.69, 9.17) is 0 Å². The van der Waals surface area contributed by atoms with Gasteiger partial charge in [-0.1, -0.05) is 13.0 Å². The summed E-state index contributed by atoms with van der Waals surface area (Å²) in [6.07, 6.45) is 6.32. The summed E-state index contributed by atoms with van der Waals surface area (Å²) in [6.45, 7) is 7.19. The van der Waals surface area contributed by atoms with Gasteiger partial charge in [-0.25, -0.2) is 0 Å². The summed E-state index contributed by atoms with van der Waals surface area (Å²) in [5.74, 6) is 1.08. The Kier molecular flexibility index (Phi) is 4.81. The summed E-state index contributed by atoms with van der Waals surface area (Å²) in [5.41, 5.74) is 2.72. The van der Waals surface area contributed by atoms with Crippen molar-refractivity contribution in [2.75, 3.05) is 26.2 Å². The Morgan fingerprint density at radius 3 is 2.90 bits per heavy atom. The van der Waals surface area contributed by atoms with Crippen molar-refractivity contribution in [3.8, 4) is 5.75 Å². The van der Waals surface area contributed by atoms with Crippen LogP contribution in [0, 0.1) is 5.92 Å². The molecule has 0 aromatic heterocycles. The van der Waals surface area contributed by atoms with Crippen LogP contribution in [-0.2, 0) is 6.42 Å². The zero-order chi connectivity index (χ0) is 14.7. The number of phenolic OH excluding ortho intramolecular Hbond substituents is 1. The molecule has 1 fully saturated rings. The third-order valence-corrected chi connectivity index (χ3v) is 4.93. The van der Waals surface area contributed by atoms with Crippen LogP contribution in [0.5, 0.6) is 5.75 Å². The van der Waals surface area contributed by atoms with Gasteiger partial charge in [0.05, 0.1) is 0 Å². The second kappa shape index (κ2) is 6.80. The zero-order valence-electron chi connectivity index (χ0n) is 13.1. The molecule has 1 saturated heterocycles. The summed E-state index contributed by atoms with van der Waals surface area (Å²) >= 11 is 0. The van der Waals surface area contributed by atoms with Crippen LogP contribution >= 0.6 is 0 Å². The average molecular weight is 288 g/mol. The molecule has 1 aliphatic carbocycles. The normalized spacial score (nSPS) is 24.0. The van der Waals surface area contributed by atoms with Crippen molar-refractivity contribution in [3.05, 3.63) is 29.3 Å². The number of hydrogen-bond acceptors (Lipinski definition) is 3. The molecule has 1 aromatic carbocycles. The maximum Gasteiger partial charge on any atom is 0.115 e. The zero-order valence-corrected chi connectivity index (χ0v) is 13.1. The minimum absolute atomic E-state index is 0.396. The molecule has 2 N–H and O–H groups in total. The molecular weight excluding hydrogens is 260 g/mol. The van der Waals surface area contributed by atoms with E-state index >= 15 is 0 Å². The summed E-state index contributed by atoms with van der Waals surface area (Å²) in [7, 11) is 0. The number of rotatable bonds is 5. The Balaban J connectivity index is 1.55. The van der Waals surface area contributed by atoms with Crippen molar-refractivity contribution < 1.29 is 5.11 Å². The third-order valence-electron chi connectivity index (χ3n) is 4.93. The van der Waals surface area contributed by atoms with E-state index in [0.717, 1.165) is 13.0 Å². The first-order chi connectivity index (χ1) is 10.2. The van der Waals surface area contributed by atoms with E-state index in [0.29, 0.717) is 17.7 Å². The maximum absolute atomic E-state index is 9.74. The fourth-order valence-corrected chi connectivity index (χ4v) is 3.81. The van der Waals surface area contributed by atoms with Gasteiger partial charge in [0.25, 0.3) is 0 Å². The fourth-order valence-electron chi connectivity index (χ4n) is 3.81. The van der Waals surface area contributed by atoms with E-state index in [9.17, 15) is 5.11 Å². The molecule has 3 rings (SSSR count). The SMILES string of the molecule is CC(CNC1CCCc2ccc(O)cc21)CN1CCCC1. The first kappa shape index (κ1) is 14.9. The molecule has 2 aliphatic rings. The largest absolute Gasteiger partial charge is 0.508 e. The number of likely N-dealkylation sites (tertiary alicyclic amines) is 1. The molecule has 2 atom stereocenters. The number of aryl methyl sites for hydroxylation is 1. The Hall–Kier alpha value is -1.06. The summed E-state index contributed by atoms with van der Waals surface area (Å²) < 4.78 is 0. The van der Waals surface area contributed by atoms with Crippen LogP contribution in [0.15, 0.2) is 18.2 Å². The van der Waals surface area contributed by atoms with Crippen LogP contribution in [0.2, 0.25) is 0 Å². The first-order valence-electron chi connectivity index (χ1n) is 8.50. The number of aromatic hydroxyl groups is 1. The topological polar surface area (TPSA) is 35.5 Å². The van der Waals surface area contributed by atoms with Gasteiger partial charge >= 0.3 is 0 Å². The minimum atomic E-state index is 0.396. The maximum atomic E-state index is 9.74. The average Bonchev–Trinajstić information content (AvgIpc) is 2.98. The van der Waals surface area contributed by atoms with Gasteiger partial charge in [-0.05, 0) is 80.9 Å². The molecule has 0 amide bonds. The van der Waals surface area contributed by atoms with Crippen molar-refractivity contribution in [2.45, 2.75) is 45.1 Å². The molecule has 0 bridgehead atoms. The van der Waals surface area contributed by atoms with Gasteiger partial charge in [-0.3, -0.25) is 0 Å². The number of fused-ring (bicyclic) bond motifs is 1. The molecule has 0 saturated carbocycles. The van der Waals surface area contributed by atoms with Crippen molar-refractivity contribution >= 4 is 0 Å². The highest BCUT2D eigenvalue weighted by Crippen LogP contribution is 2.32. The van der Waals surface area contributed by atoms with Gasteiger partial charge in [-0.2, -0.15) is 0 Å². The van der Waals surface area contributed by atoms with Gasteiger partial charge in [-0.15, -0.1) is 0 Å². The number of nitrogens with zero attached hydrogens (tertiary/aromatic N) is 1. The third kappa shape index (κ3) is 3.78. The molecule has 3 heteroatoms. The van der Waals surface area contributed by atoms with Crippen molar-refractivity contribution in [1.82, 2.24) is 10.2 Å². The summed E-state index contributed by atoms with van der Waals surface area (Å²) in [5, 5.41) is 13.5. The van der Waals surface area contributed by atoms with Crippen LogP contribution < -0.4 is 5.32 Å². The molecule has 2 unspecified atom stereocenters. The molecule has 116 valence electrons. The van der Waals surface area contributed by atoms with Gasteiger partial charge in [0, 0.05) is 12.6 Å². The number of benzene rings is 1. The van der Waals surface area contributed by atoms with E-state index in [1.165, 1.54) is 56.4 Å². The Labute approximate surface area is 128 Å². The van der Waals surface area contributed by atoms with Crippen molar-refractivity contribution in [1.29, 1.82) is 0 Å². The number of hydrogen-bond donors (Lipinski definition) is 2. The molecule has 0 spiro atoms. The van der Waals surface area contributed by atoms with Crippen LogP contribution in [0.25, 0.3) is 0 Å².